The molecule has 2 aromatic rings. The normalized spacial score (nSPS) is 16.1. The summed E-state index contributed by atoms with van der Waals surface area (Å²) in [5.41, 5.74) is 1.54. The van der Waals surface area contributed by atoms with Crippen LogP contribution in [0.2, 0.25) is 0 Å². The van der Waals surface area contributed by atoms with Crippen LogP contribution in [-0.4, -0.2) is 11.1 Å². The lowest BCUT2D eigenvalue weighted by atomic mass is 9.88. The number of aliphatic carboxylic acids is 1. The fourth-order valence-electron chi connectivity index (χ4n) is 2.53. The Kier molecular flexibility index (Phi) is 2.63. The number of hydrogen-bond acceptors (Lipinski definition) is 1. The van der Waals surface area contributed by atoms with Crippen LogP contribution >= 0.6 is 0 Å². The van der Waals surface area contributed by atoms with Gasteiger partial charge in [-0.3, -0.25) is 4.79 Å². The second-order valence-corrected chi connectivity index (χ2v) is 4.94. The Labute approximate surface area is 110 Å². The van der Waals surface area contributed by atoms with E-state index < -0.39 is 11.4 Å². The minimum atomic E-state index is -0.795. The second kappa shape index (κ2) is 4.19. The second-order valence-electron chi connectivity index (χ2n) is 4.94. The first kappa shape index (κ1) is 11.9. The molecule has 96 valence electrons. The molecule has 0 spiro atoms. The lowest BCUT2D eigenvalue weighted by Gasteiger charge is -2.15. The Balaban J connectivity index is 2.16. The van der Waals surface area contributed by atoms with E-state index in [2.05, 4.69) is 0 Å². The number of carbonyl (C=O) groups is 1. The molecule has 3 heteroatoms. The molecule has 1 fully saturated rings. The topological polar surface area (TPSA) is 37.3 Å². The lowest BCUT2D eigenvalue weighted by molar-refractivity contribution is -0.140. The molecule has 0 saturated heterocycles. The zero-order chi connectivity index (χ0) is 13.5. The summed E-state index contributed by atoms with van der Waals surface area (Å²) in [6, 6.07) is 13.6. The van der Waals surface area contributed by atoms with Gasteiger partial charge in [0, 0.05) is 0 Å². The Bertz CT molecular complexity index is 645. The lowest BCUT2D eigenvalue weighted by Crippen LogP contribution is -2.20. The van der Waals surface area contributed by atoms with Crippen molar-refractivity contribution in [2.75, 3.05) is 0 Å². The zero-order valence-corrected chi connectivity index (χ0v) is 10.3. The first-order chi connectivity index (χ1) is 9.13. The van der Waals surface area contributed by atoms with Crippen LogP contribution in [0.3, 0.4) is 0 Å². The number of carboxylic acid groups (broad SMARTS) is 1. The van der Waals surface area contributed by atoms with Gasteiger partial charge in [-0.2, -0.15) is 0 Å². The van der Waals surface area contributed by atoms with E-state index in [0.29, 0.717) is 12.8 Å². The van der Waals surface area contributed by atoms with Gasteiger partial charge in [0.25, 0.3) is 0 Å². The molecule has 2 nitrogen and oxygen atoms in total. The van der Waals surface area contributed by atoms with Gasteiger partial charge in [-0.05, 0) is 41.7 Å². The molecule has 0 bridgehead atoms. The van der Waals surface area contributed by atoms with Crippen LogP contribution in [0, 0.1) is 5.82 Å². The quantitative estimate of drug-likeness (QED) is 0.910. The predicted molar refractivity (Wildman–Crippen MR) is 70.4 cm³/mol. The molecule has 1 saturated carbocycles. The van der Waals surface area contributed by atoms with Gasteiger partial charge >= 0.3 is 5.97 Å². The first-order valence-corrected chi connectivity index (χ1v) is 6.22. The highest BCUT2D eigenvalue weighted by atomic mass is 19.1. The van der Waals surface area contributed by atoms with E-state index in [0.717, 1.165) is 16.7 Å². The van der Waals surface area contributed by atoms with Gasteiger partial charge in [0.2, 0.25) is 0 Å². The van der Waals surface area contributed by atoms with Gasteiger partial charge in [0.15, 0.2) is 0 Å². The van der Waals surface area contributed by atoms with Crippen LogP contribution in [0.25, 0.3) is 11.1 Å². The molecule has 0 atom stereocenters. The fourth-order valence-corrected chi connectivity index (χ4v) is 2.53. The molecule has 0 unspecified atom stereocenters. The van der Waals surface area contributed by atoms with Crippen LogP contribution in [0.1, 0.15) is 18.4 Å². The Morgan fingerprint density at radius 3 is 2.47 bits per heavy atom. The van der Waals surface area contributed by atoms with Gasteiger partial charge in [-0.1, -0.05) is 36.4 Å². The molecule has 0 amide bonds. The third-order valence-electron chi connectivity index (χ3n) is 3.74. The van der Waals surface area contributed by atoms with Crippen LogP contribution in [0.4, 0.5) is 4.39 Å². The van der Waals surface area contributed by atoms with E-state index >= 15 is 0 Å². The molecule has 1 aliphatic carbocycles. The molecule has 1 N–H and O–H groups in total. The summed E-state index contributed by atoms with van der Waals surface area (Å²) < 4.78 is 13.3. The average molecular weight is 256 g/mol. The summed E-state index contributed by atoms with van der Waals surface area (Å²) >= 11 is 0. The number of benzene rings is 2. The number of carboxylic acids is 1. The van der Waals surface area contributed by atoms with Crippen molar-refractivity contribution in [1.82, 2.24) is 0 Å². The molecule has 3 rings (SSSR count). The van der Waals surface area contributed by atoms with Crippen molar-refractivity contribution in [3.8, 4) is 11.1 Å². The van der Waals surface area contributed by atoms with Gasteiger partial charge in [0.1, 0.15) is 5.82 Å². The van der Waals surface area contributed by atoms with Crippen molar-refractivity contribution in [1.29, 1.82) is 0 Å². The van der Waals surface area contributed by atoms with Crippen molar-refractivity contribution in [3.05, 3.63) is 59.9 Å². The molecular weight excluding hydrogens is 243 g/mol. The minimum absolute atomic E-state index is 0.313. The van der Waals surface area contributed by atoms with E-state index in [1.54, 1.807) is 12.1 Å². The molecule has 2 aromatic carbocycles. The van der Waals surface area contributed by atoms with Crippen molar-refractivity contribution in [2.45, 2.75) is 18.3 Å². The molecular formula is C16H13FO2. The van der Waals surface area contributed by atoms with Gasteiger partial charge in [-0.25, -0.2) is 4.39 Å². The summed E-state index contributed by atoms with van der Waals surface area (Å²) in [6.07, 6.45) is 1.29. The SMILES string of the molecule is O=C(O)C1(c2ccccc2-c2cccc(F)c2)CC1. The molecule has 0 radical (unpaired) electrons. The van der Waals surface area contributed by atoms with Crippen molar-refractivity contribution in [2.24, 2.45) is 0 Å². The van der Waals surface area contributed by atoms with Crippen LogP contribution in [-0.2, 0) is 10.2 Å². The highest BCUT2D eigenvalue weighted by Gasteiger charge is 2.52. The Hall–Kier alpha value is -2.16. The van der Waals surface area contributed by atoms with Crippen LogP contribution in [0.15, 0.2) is 48.5 Å². The van der Waals surface area contributed by atoms with Crippen LogP contribution in [0.5, 0.6) is 0 Å². The number of hydrogen-bond donors (Lipinski definition) is 1. The summed E-state index contributed by atoms with van der Waals surface area (Å²) in [4.78, 5) is 11.5. The molecule has 0 aromatic heterocycles. The average Bonchev–Trinajstić information content (AvgIpc) is 3.20. The molecule has 19 heavy (non-hydrogen) atoms. The third kappa shape index (κ3) is 1.91. The van der Waals surface area contributed by atoms with E-state index in [-0.39, 0.29) is 5.82 Å². The molecule has 1 aliphatic rings. The van der Waals surface area contributed by atoms with Crippen molar-refractivity contribution >= 4 is 5.97 Å². The standard InChI is InChI=1S/C16H13FO2/c17-12-5-3-4-11(10-12)13-6-1-2-7-14(13)16(8-9-16)15(18)19/h1-7,10H,8-9H2,(H,18,19). The maximum Gasteiger partial charge on any atom is 0.314 e. The minimum Gasteiger partial charge on any atom is -0.481 e. The van der Waals surface area contributed by atoms with Gasteiger partial charge < -0.3 is 5.11 Å². The van der Waals surface area contributed by atoms with E-state index in [9.17, 15) is 14.3 Å². The summed E-state index contributed by atoms with van der Waals surface area (Å²) in [5.74, 6) is -1.11. The predicted octanol–water partition coefficient (Wildman–Crippen LogP) is 3.61. The van der Waals surface area contributed by atoms with Crippen molar-refractivity contribution in [3.63, 3.8) is 0 Å². The highest BCUT2D eigenvalue weighted by Crippen LogP contribution is 2.51. The zero-order valence-electron chi connectivity index (χ0n) is 10.3. The fraction of sp³-hybridized carbons (Fsp3) is 0.188. The third-order valence-corrected chi connectivity index (χ3v) is 3.74. The summed E-state index contributed by atoms with van der Waals surface area (Å²) in [6.45, 7) is 0. The summed E-state index contributed by atoms with van der Waals surface area (Å²) in [7, 11) is 0. The Morgan fingerprint density at radius 1 is 1.11 bits per heavy atom. The number of halogens is 1. The highest BCUT2D eigenvalue weighted by molar-refractivity contribution is 5.88. The van der Waals surface area contributed by atoms with Gasteiger partial charge in [-0.15, -0.1) is 0 Å². The van der Waals surface area contributed by atoms with E-state index in [4.69, 9.17) is 0 Å². The van der Waals surface area contributed by atoms with Crippen molar-refractivity contribution < 1.29 is 14.3 Å². The first-order valence-electron chi connectivity index (χ1n) is 6.22. The van der Waals surface area contributed by atoms with E-state index in [1.807, 2.05) is 24.3 Å². The van der Waals surface area contributed by atoms with E-state index in [1.165, 1.54) is 12.1 Å². The molecule has 0 aliphatic heterocycles. The largest absolute Gasteiger partial charge is 0.481 e. The monoisotopic (exact) mass is 256 g/mol. The summed E-state index contributed by atoms with van der Waals surface area (Å²) in [5, 5.41) is 9.41. The van der Waals surface area contributed by atoms with Gasteiger partial charge in [0.05, 0.1) is 5.41 Å². The van der Waals surface area contributed by atoms with Crippen LogP contribution < -0.4 is 0 Å². The smallest absolute Gasteiger partial charge is 0.314 e. The maximum atomic E-state index is 13.3. The Morgan fingerprint density at radius 2 is 1.84 bits per heavy atom. The molecule has 0 heterocycles. The number of rotatable bonds is 3. The maximum absolute atomic E-state index is 13.3.